The molecule has 1 heterocycles. The van der Waals surface area contributed by atoms with Gasteiger partial charge in [-0.3, -0.25) is 9.67 Å². The van der Waals surface area contributed by atoms with Gasteiger partial charge in [-0.2, -0.15) is 5.10 Å². The monoisotopic (exact) mass is 387 g/mol. The minimum absolute atomic E-state index is 0.622. The number of nitrogens with one attached hydrogen (secondary N) is 2. The molecule has 0 amide bonds. The van der Waals surface area contributed by atoms with E-state index in [1.54, 1.807) is 13.2 Å². The van der Waals surface area contributed by atoms with E-state index in [4.69, 9.17) is 9.47 Å². The lowest BCUT2D eigenvalue weighted by molar-refractivity contribution is 0.0487. The van der Waals surface area contributed by atoms with Crippen LogP contribution in [0.5, 0.6) is 0 Å². The Balaban J connectivity index is 1.61. The average molecular weight is 388 g/mol. The van der Waals surface area contributed by atoms with Crippen molar-refractivity contribution in [2.45, 2.75) is 32.9 Å². The fourth-order valence-corrected chi connectivity index (χ4v) is 2.64. The number of hydrogen-bond acceptors (Lipinski definition) is 4. The zero-order valence-corrected chi connectivity index (χ0v) is 17.1. The average Bonchev–Trinajstić information content (AvgIpc) is 3.22. The summed E-state index contributed by atoms with van der Waals surface area (Å²) in [4.78, 5) is 4.25. The van der Waals surface area contributed by atoms with E-state index in [-0.39, 0.29) is 0 Å². The van der Waals surface area contributed by atoms with Crippen LogP contribution in [0.4, 0.5) is 0 Å². The number of hydrogen-bond donors (Lipinski definition) is 2. The summed E-state index contributed by atoms with van der Waals surface area (Å²) in [6.45, 7) is 7.06. The lowest BCUT2D eigenvalue weighted by Crippen LogP contribution is -2.38. The van der Waals surface area contributed by atoms with Gasteiger partial charge in [0.15, 0.2) is 5.96 Å². The fraction of sp³-hybridized carbons (Fsp3) is 0.524. The van der Waals surface area contributed by atoms with Gasteiger partial charge in [-0.25, -0.2) is 0 Å². The number of guanidine groups is 1. The lowest BCUT2D eigenvalue weighted by atomic mass is 10.1. The molecule has 2 N–H and O–H groups in total. The Hall–Kier alpha value is -2.38. The smallest absolute Gasteiger partial charge is 0.191 e. The number of nitrogens with zero attached hydrogens (tertiary/aromatic N) is 3. The first-order valence-corrected chi connectivity index (χ1v) is 9.97. The topological polar surface area (TPSA) is 72.7 Å². The number of benzene rings is 1. The van der Waals surface area contributed by atoms with Crippen molar-refractivity contribution in [3.8, 4) is 0 Å². The van der Waals surface area contributed by atoms with Gasteiger partial charge in [0, 0.05) is 39.1 Å². The first-order chi connectivity index (χ1) is 13.8. The minimum atomic E-state index is 0.622. The quantitative estimate of drug-likeness (QED) is 0.314. The fourth-order valence-electron chi connectivity index (χ4n) is 2.64. The summed E-state index contributed by atoms with van der Waals surface area (Å²) in [5.41, 5.74) is 2.42. The van der Waals surface area contributed by atoms with E-state index in [0.717, 1.165) is 32.0 Å². The van der Waals surface area contributed by atoms with Crippen LogP contribution in [-0.4, -0.2) is 55.8 Å². The van der Waals surface area contributed by atoms with Crippen molar-refractivity contribution in [3.63, 3.8) is 0 Å². The number of rotatable bonds is 13. The summed E-state index contributed by atoms with van der Waals surface area (Å²) >= 11 is 0. The molecule has 7 heteroatoms. The Labute approximate surface area is 168 Å². The molecule has 0 spiro atoms. The van der Waals surface area contributed by atoms with Crippen molar-refractivity contribution in [2.75, 3.05) is 40.0 Å². The predicted octanol–water partition coefficient (Wildman–Crippen LogP) is 2.43. The van der Waals surface area contributed by atoms with Crippen LogP contribution in [-0.2, 0) is 22.6 Å². The molecule has 7 nitrogen and oxygen atoms in total. The molecule has 0 saturated heterocycles. The number of aliphatic imine (C=N–C) groups is 1. The standard InChI is InChI=1S/C21H33N5O2/c1-3-4-12-27-14-15-28-13-10-23-21(22-2)24-17-19-7-5-8-20(16-19)18-26-11-6-9-25-26/h5-9,11,16H,3-4,10,12-15,17-18H2,1-2H3,(H2,22,23,24). The van der Waals surface area contributed by atoms with Gasteiger partial charge in [0.05, 0.1) is 26.4 Å². The van der Waals surface area contributed by atoms with E-state index in [9.17, 15) is 0 Å². The molecule has 2 aromatic rings. The molecule has 0 fully saturated rings. The van der Waals surface area contributed by atoms with Crippen LogP contribution in [0.3, 0.4) is 0 Å². The third-order valence-corrected chi connectivity index (χ3v) is 4.13. The Morgan fingerprint density at radius 2 is 1.89 bits per heavy atom. The van der Waals surface area contributed by atoms with Crippen molar-refractivity contribution in [1.82, 2.24) is 20.4 Å². The first-order valence-electron chi connectivity index (χ1n) is 9.97. The maximum Gasteiger partial charge on any atom is 0.191 e. The van der Waals surface area contributed by atoms with Crippen molar-refractivity contribution in [1.29, 1.82) is 0 Å². The zero-order chi connectivity index (χ0) is 19.9. The van der Waals surface area contributed by atoms with Gasteiger partial charge in [0.25, 0.3) is 0 Å². The van der Waals surface area contributed by atoms with Crippen LogP contribution in [0, 0.1) is 0 Å². The van der Waals surface area contributed by atoms with Crippen molar-refractivity contribution < 1.29 is 9.47 Å². The van der Waals surface area contributed by atoms with Crippen LogP contribution < -0.4 is 10.6 Å². The van der Waals surface area contributed by atoms with Gasteiger partial charge < -0.3 is 20.1 Å². The first kappa shape index (κ1) is 21.9. The largest absolute Gasteiger partial charge is 0.379 e. The van der Waals surface area contributed by atoms with E-state index in [1.807, 2.05) is 16.9 Å². The highest BCUT2D eigenvalue weighted by molar-refractivity contribution is 5.79. The second-order valence-electron chi connectivity index (χ2n) is 6.45. The lowest BCUT2D eigenvalue weighted by Gasteiger charge is -2.13. The number of aromatic nitrogens is 2. The van der Waals surface area contributed by atoms with Gasteiger partial charge in [0.2, 0.25) is 0 Å². The van der Waals surface area contributed by atoms with Crippen LogP contribution in [0.2, 0.25) is 0 Å². The molecule has 0 radical (unpaired) electrons. The third kappa shape index (κ3) is 9.01. The molecule has 0 aliphatic heterocycles. The van der Waals surface area contributed by atoms with Gasteiger partial charge in [-0.1, -0.05) is 37.6 Å². The third-order valence-electron chi connectivity index (χ3n) is 4.13. The van der Waals surface area contributed by atoms with Gasteiger partial charge >= 0.3 is 0 Å². The Bertz CT molecular complexity index is 673. The number of unbranched alkanes of at least 4 members (excludes halogenated alkanes) is 1. The Morgan fingerprint density at radius 1 is 1.07 bits per heavy atom. The molecule has 1 aromatic heterocycles. The summed E-state index contributed by atoms with van der Waals surface area (Å²) in [6.07, 6.45) is 6.03. The maximum atomic E-state index is 5.56. The van der Waals surface area contributed by atoms with Crippen molar-refractivity contribution in [3.05, 3.63) is 53.9 Å². The van der Waals surface area contributed by atoms with E-state index in [1.165, 1.54) is 11.1 Å². The molecule has 1 aromatic carbocycles. The Kier molecular flexibility index (Phi) is 10.8. The van der Waals surface area contributed by atoms with Gasteiger partial charge in [-0.15, -0.1) is 0 Å². The normalized spacial score (nSPS) is 11.6. The molecule has 0 bridgehead atoms. The van der Waals surface area contributed by atoms with E-state index >= 15 is 0 Å². The summed E-state index contributed by atoms with van der Waals surface area (Å²) < 4.78 is 12.9. The molecule has 0 aliphatic carbocycles. The van der Waals surface area contributed by atoms with Crippen LogP contribution in [0.15, 0.2) is 47.7 Å². The molecule has 0 unspecified atom stereocenters. The molecule has 2 rings (SSSR count). The molecule has 0 aliphatic rings. The summed E-state index contributed by atoms with van der Waals surface area (Å²) in [5, 5.41) is 10.8. The van der Waals surface area contributed by atoms with E-state index in [2.05, 4.69) is 51.9 Å². The van der Waals surface area contributed by atoms with Crippen LogP contribution >= 0.6 is 0 Å². The SMILES string of the molecule is CCCCOCCOCCNC(=NC)NCc1cccc(Cn2cccn2)c1. The molecule has 0 atom stereocenters. The Morgan fingerprint density at radius 3 is 2.64 bits per heavy atom. The summed E-state index contributed by atoms with van der Waals surface area (Å²) in [6, 6.07) is 10.4. The summed E-state index contributed by atoms with van der Waals surface area (Å²) in [5.74, 6) is 0.764. The number of ether oxygens (including phenoxy) is 2. The molecule has 0 saturated carbocycles. The minimum Gasteiger partial charge on any atom is -0.379 e. The second kappa shape index (κ2) is 13.7. The predicted molar refractivity (Wildman–Crippen MR) is 113 cm³/mol. The van der Waals surface area contributed by atoms with E-state index in [0.29, 0.717) is 32.9 Å². The second-order valence-corrected chi connectivity index (χ2v) is 6.45. The molecular formula is C21H33N5O2. The highest BCUT2D eigenvalue weighted by Gasteiger charge is 2.01. The maximum absolute atomic E-state index is 5.56. The van der Waals surface area contributed by atoms with Crippen LogP contribution in [0.1, 0.15) is 30.9 Å². The van der Waals surface area contributed by atoms with Crippen molar-refractivity contribution >= 4 is 5.96 Å². The van der Waals surface area contributed by atoms with Crippen molar-refractivity contribution in [2.24, 2.45) is 4.99 Å². The molecule has 28 heavy (non-hydrogen) atoms. The van der Waals surface area contributed by atoms with Gasteiger partial charge in [-0.05, 0) is 23.6 Å². The van der Waals surface area contributed by atoms with Gasteiger partial charge in [0.1, 0.15) is 0 Å². The zero-order valence-electron chi connectivity index (χ0n) is 17.1. The summed E-state index contributed by atoms with van der Waals surface area (Å²) in [7, 11) is 1.77. The molecular weight excluding hydrogens is 354 g/mol. The molecule has 154 valence electrons. The van der Waals surface area contributed by atoms with E-state index < -0.39 is 0 Å². The van der Waals surface area contributed by atoms with Crippen LogP contribution in [0.25, 0.3) is 0 Å². The highest BCUT2D eigenvalue weighted by Crippen LogP contribution is 2.07. The highest BCUT2D eigenvalue weighted by atomic mass is 16.5.